The van der Waals surface area contributed by atoms with Crippen LogP contribution in [0.3, 0.4) is 0 Å². The average Bonchev–Trinajstić information content (AvgIpc) is 2.78. The van der Waals surface area contributed by atoms with E-state index in [-0.39, 0.29) is 11.9 Å². The minimum absolute atomic E-state index is 0.0232. The van der Waals surface area contributed by atoms with Crippen molar-refractivity contribution < 1.29 is 14.3 Å². The molecule has 0 spiro atoms. The number of nitrogens with one attached hydrogen (secondary N) is 2. The zero-order valence-electron chi connectivity index (χ0n) is 16.7. The Morgan fingerprint density at radius 2 is 1.52 bits per heavy atom. The van der Waals surface area contributed by atoms with E-state index in [4.69, 9.17) is 9.47 Å². The van der Waals surface area contributed by atoms with Crippen LogP contribution in [-0.4, -0.2) is 26.1 Å². The Morgan fingerprint density at radius 3 is 2.17 bits per heavy atom. The normalized spacial score (nSPS) is 11.5. The first-order chi connectivity index (χ1) is 14.2. The van der Waals surface area contributed by atoms with Crippen molar-refractivity contribution >= 4 is 5.91 Å². The summed E-state index contributed by atoms with van der Waals surface area (Å²) in [6.45, 7) is 0.583. The van der Waals surface area contributed by atoms with Gasteiger partial charge in [0.25, 0.3) is 0 Å². The van der Waals surface area contributed by atoms with E-state index < -0.39 is 0 Å². The second-order valence-corrected chi connectivity index (χ2v) is 6.63. The second-order valence-electron chi connectivity index (χ2n) is 6.63. The van der Waals surface area contributed by atoms with Gasteiger partial charge in [0, 0.05) is 13.6 Å². The molecule has 0 saturated heterocycles. The van der Waals surface area contributed by atoms with Crippen LogP contribution >= 0.6 is 0 Å². The summed E-state index contributed by atoms with van der Waals surface area (Å²) in [5.74, 6) is 2.06. The number of hydrogen-bond donors (Lipinski definition) is 2. The molecule has 5 nitrogen and oxygen atoms in total. The maximum atomic E-state index is 12.2. The molecule has 0 aromatic heterocycles. The van der Waals surface area contributed by atoms with Crippen molar-refractivity contribution in [3.8, 4) is 17.2 Å². The molecule has 1 atom stereocenters. The van der Waals surface area contributed by atoms with Crippen molar-refractivity contribution in [2.45, 2.75) is 19.0 Å². The Labute approximate surface area is 171 Å². The molecule has 3 aromatic rings. The van der Waals surface area contributed by atoms with Gasteiger partial charge in [0.05, 0.1) is 13.2 Å². The van der Waals surface area contributed by atoms with Crippen molar-refractivity contribution in [3.63, 3.8) is 0 Å². The summed E-state index contributed by atoms with van der Waals surface area (Å²) in [4.78, 5) is 12.2. The number of benzene rings is 3. The topological polar surface area (TPSA) is 59.6 Å². The Morgan fingerprint density at radius 1 is 0.862 bits per heavy atom. The number of carbonyl (C=O) groups excluding carboxylic acids is 1. The average molecular weight is 390 g/mol. The highest BCUT2D eigenvalue weighted by molar-refractivity contribution is 5.81. The molecule has 5 heteroatoms. The number of likely N-dealkylation sites (N-methyl/N-ethyl adjacent to an activating group) is 1. The molecule has 2 N–H and O–H groups in total. The number of rotatable bonds is 9. The highest BCUT2D eigenvalue weighted by Gasteiger charge is 2.17. The van der Waals surface area contributed by atoms with Crippen molar-refractivity contribution in [1.82, 2.24) is 10.6 Å². The number of carbonyl (C=O) groups is 1. The fourth-order valence-corrected chi connectivity index (χ4v) is 3.03. The fourth-order valence-electron chi connectivity index (χ4n) is 3.03. The van der Waals surface area contributed by atoms with Gasteiger partial charge in [-0.15, -0.1) is 0 Å². The molecule has 0 aliphatic carbocycles. The van der Waals surface area contributed by atoms with Crippen molar-refractivity contribution in [1.29, 1.82) is 0 Å². The first-order valence-corrected chi connectivity index (χ1v) is 9.58. The lowest BCUT2D eigenvalue weighted by atomic mass is 10.0. The minimum atomic E-state index is -0.299. The lowest BCUT2D eigenvalue weighted by molar-refractivity contribution is -0.122. The number of para-hydroxylation sites is 2. The van der Waals surface area contributed by atoms with Crippen LogP contribution in [0.1, 0.15) is 11.1 Å². The van der Waals surface area contributed by atoms with Gasteiger partial charge in [-0.3, -0.25) is 4.79 Å². The highest BCUT2D eigenvalue weighted by atomic mass is 16.5. The Kier molecular flexibility index (Phi) is 7.25. The molecule has 0 bridgehead atoms. The van der Waals surface area contributed by atoms with E-state index in [9.17, 15) is 4.79 Å². The Balaban J connectivity index is 1.61. The van der Waals surface area contributed by atoms with Crippen LogP contribution in [0.4, 0.5) is 0 Å². The van der Waals surface area contributed by atoms with Crippen molar-refractivity contribution in [2.24, 2.45) is 0 Å². The zero-order valence-corrected chi connectivity index (χ0v) is 16.7. The minimum Gasteiger partial charge on any atom is -0.493 e. The third-order valence-corrected chi connectivity index (χ3v) is 4.62. The summed E-state index contributed by atoms with van der Waals surface area (Å²) in [6.07, 6.45) is 0.634. The van der Waals surface area contributed by atoms with Gasteiger partial charge in [-0.1, -0.05) is 54.6 Å². The van der Waals surface area contributed by atoms with E-state index in [1.165, 1.54) is 0 Å². The van der Waals surface area contributed by atoms with Crippen molar-refractivity contribution in [2.75, 3.05) is 14.2 Å². The van der Waals surface area contributed by atoms with Gasteiger partial charge in [0.1, 0.15) is 5.75 Å². The van der Waals surface area contributed by atoms with E-state index in [0.717, 1.165) is 16.9 Å². The summed E-state index contributed by atoms with van der Waals surface area (Å²) >= 11 is 0. The molecule has 0 saturated carbocycles. The summed E-state index contributed by atoms with van der Waals surface area (Å²) in [5.41, 5.74) is 2.19. The molecule has 3 aromatic carbocycles. The summed E-state index contributed by atoms with van der Waals surface area (Å²) in [7, 11) is 3.28. The summed E-state index contributed by atoms with van der Waals surface area (Å²) < 4.78 is 11.2. The second kappa shape index (κ2) is 10.3. The Hall–Kier alpha value is -3.31. The fraction of sp³-hybridized carbons (Fsp3) is 0.208. The highest BCUT2D eigenvalue weighted by Crippen LogP contribution is 2.30. The van der Waals surface area contributed by atoms with Gasteiger partial charge >= 0.3 is 0 Å². The van der Waals surface area contributed by atoms with Crippen LogP contribution in [0.2, 0.25) is 0 Å². The number of hydrogen-bond acceptors (Lipinski definition) is 4. The van der Waals surface area contributed by atoms with Crippen LogP contribution in [0.5, 0.6) is 17.2 Å². The third-order valence-electron chi connectivity index (χ3n) is 4.62. The molecular weight excluding hydrogens is 364 g/mol. The van der Waals surface area contributed by atoms with E-state index in [0.29, 0.717) is 24.5 Å². The molecule has 0 fully saturated rings. The maximum Gasteiger partial charge on any atom is 0.237 e. The maximum absolute atomic E-state index is 12.2. The molecule has 0 radical (unpaired) electrons. The number of amides is 1. The molecule has 0 aliphatic heterocycles. The lowest BCUT2D eigenvalue weighted by Gasteiger charge is -2.18. The standard InChI is InChI=1S/C24H26N2O3/c1-25-24(27)21(16-18-8-4-3-5-9-18)26-17-19-12-14-20(15-13-19)29-23-11-7-6-10-22(23)28-2/h3-15,21,26H,16-17H2,1-2H3,(H,25,27). The molecule has 0 aliphatic rings. The molecule has 1 amide bonds. The van der Waals surface area contributed by atoms with Gasteiger partial charge in [-0.2, -0.15) is 0 Å². The van der Waals surface area contributed by atoms with Crippen LogP contribution in [0.15, 0.2) is 78.9 Å². The molecule has 29 heavy (non-hydrogen) atoms. The van der Waals surface area contributed by atoms with Crippen LogP contribution in [-0.2, 0) is 17.8 Å². The van der Waals surface area contributed by atoms with E-state index in [1.807, 2.05) is 78.9 Å². The van der Waals surface area contributed by atoms with Gasteiger partial charge in [0.15, 0.2) is 11.5 Å². The largest absolute Gasteiger partial charge is 0.493 e. The SMILES string of the molecule is CNC(=O)C(Cc1ccccc1)NCc1ccc(Oc2ccccc2OC)cc1. The van der Waals surface area contributed by atoms with Crippen molar-refractivity contribution in [3.05, 3.63) is 90.0 Å². The zero-order chi connectivity index (χ0) is 20.5. The van der Waals surface area contributed by atoms with Gasteiger partial charge in [0.2, 0.25) is 5.91 Å². The summed E-state index contributed by atoms with van der Waals surface area (Å²) in [5, 5.41) is 6.09. The Bertz CT molecular complexity index is 911. The predicted molar refractivity (Wildman–Crippen MR) is 114 cm³/mol. The first kappa shape index (κ1) is 20.4. The molecule has 0 heterocycles. The lowest BCUT2D eigenvalue weighted by Crippen LogP contribution is -2.44. The van der Waals surface area contributed by atoms with Gasteiger partial charge < -0.3 is 20.1 Å². The third kappa shape index (κ3) is 5.83. The van der Waals surface area contributed by atoms with Gasteiger partial charge in [-0.05, 0) is 41.8 Å². The molecular formula is C24H26N2O3. The first-order valence-electron chi connectivity index (χ1n) is 9.58. The molecule has 150 valence electrons. The van der Waals surface area contributed by atoms with Crippen LogP contribution < -0.4 is 20.1 Å². The smallest absolute Gasteiger partial charge is 0.237 e. The molecule has 3 rings (SSSR count). The monoisotopic (exact) mass is 390 g/mol. The predicted octanol–water partition coefficient (Wildman–Crippen LogP) is 3.93. The van der Waals surface area contributed by atoms with Crippen LogP contribution in [0, 0.1) is 0 Å². The van der Waals surface area contributed by atoms with Crippen LogP contribution in [0.25, 0.3) is 0 Å². The van der Waals surface area contributed by atoms with Gasteiger partial charge in [-0.25, -0.2) is 0 Å². The number of methoxy groups -OCH3 is 1. The van der Waals surface area contributed by atoms with E-state index in [1.54, 1.807) is 14.2 Å². The van der Waals surface area contributed by atoms with E-state index in [2.05, 4.69) is 10.6 Å². The quantitative estimate of drug-likeness (QED) is 0.581. The number of ether oxygens (including phenoxy) is 2. The molecule has 1 unspecified atom stereocenters. The van der Waals surface area contributed by atoms with E-state index >= 15 is 0 Å². The summed E-state index contributed by atoms with van der Waals surface area (Å²) in [6, 6.07) is 25.0.